The molecule has 2 N–H and O–H groups in total. The first-order valence-electron chi connectivity index (χ1n) is 10.4. The summed E-state index contributed by atoms with van der Waals surface area (Å²) in [4.78, 5) is 13.1. The minimum atomic E-state index is -1.03. The van der Waals surface area contributed by atoms with Crippen LogP contribution < -0.4 is 15.9 Å². The van der Waals surface area contributed by atoms with E-state index in [0.717, 1.165) is 35.5 Å². The zero-order chi connectivity index (χ0) is 19.8. The van der Waals surface area contributed by atoms with Crippen molar-refractivity contribution in [2.75, 3.05) is 5.32 Å². The number of aliphatic imine (C=N–C) groups is 1. The number of aromatic hydroxyl groups is 1. The maximum absolute atomic E-state index is 15.3. The highest BCUT2D eigenvalue weighted by Crippen LogP contribution is 2.59. The number of halogens is 1. The van der Waals surface area contributed by atoms with Gasteiger partial charge >= 0.3 is 0 Å². The van der Waals surface area contributed by atoms with Crippen LogP contribution in [0.2, 0.25) is 0 Å². The lowest BCUT2D eigenvalue weighted by molar-refractivity contribution is -0.0781. The molecule has 6 nitrogen and oxygen atoms in total. The summed E-state index contributed by atoms with van der Waals surface area (Å²) in [7, 11) is 1.79. The van der Waals surface area contributed by atoms with Gasteiger partial charge in [0.2, 0.25) is 11.8 Å². The Kier molecular flexibility index (Phi) is 3.36. The first-order chi connectivity index (χ1) is 13.9. The number of aromatic nitrogens is 2. The molecule has 0 radical (unpaired) electrons. The molecule has 2 atom stereocenters. The fraction of sp³-hybridized carbons (Fsp3) is 0.500. The summed E-state index contributed by atoms with van der Waals surface area (Å²) in [6.45, 7) is 0. The summed E-state index contributed by atoms with van der Waals surface area (Å²) in [6, 6.07) is 5.77. The topological polar surface area (TPSA) is 74.8 Å². The average molecular weight is 393 g/mol. The number of hydrogen-bond donors (Lipinski definition) is 2. The molecule has 0 spiro atoms. The van der Waals surface area contributed by atoms with Gasteiger partial charge in [-0.15, -0.1) is 0 Å². The van der Waals surface area contributed by atoms with E-state index in [-0.39, 0.29) is 11.4 Å². The van der Waals surface area contributed by atoms with E-state index in [9.17, 15) is 5.11 Å². The Morgan fingerprint density at radius 3 is 2.79 bits per heavy atom. The SMILES string of the molecule is Cn1c(NC23CC4CC(CC(F)(C4)C2)C3)nc(/C=c2\ccc3c(c2)N=CN=3)c1O. The van der Waals surface area contributed by atoms with Gasteiger partial charge in [-0.25, -0.2) is 19.4 Å². The van der Waals surface area contributed by atoms with Crippen molar-refractivity contribution in [3.05, 3.63) is 34.5 Å². The monoisotopic (exact) mass is 393 g/mol. The molecule has 5 aliphatic rings. The molecule has 1 aliphatic heterocycles. The highest BCUT2D eigenvalue weighted by atomic mass is 19.1. The quantitative estimate of drug-likeness (QED) is 0.842. The molecule has 150 valence electrons. The molecule has 0 saturated heterocycles. The lowest BCUT2D eigenvalue weighted by Gasteiger charge is -2.59. The number of nitrogens with one attached hydrogen (secondary N) is 1. The van der Waals surface area contributed by atoms with Crippen molar-refractivity contribution in [2.45, 2.75) is 49.7 Å². The highest BCUT2D eigenvalue weighted by Gasteiger charge is 2.58. The summed E-state index contributed by atoms with van der Waals surface area (Å²) in [5.41, 5.74) is 0.0311. The van der Waals surface area contributed by atoms with E-state index < -0.39 is 5.67 Å². The van der Waals surface area contributed by atoms with Gasteiger partial charge in [-0.2, -0.15) is 0 Å². The fourth-order valence-corrected chi connectivity index (χ4v) is 6.41. The molecule has 2 aromatic rings. The number of fused-ring (bicyclic) bond motifs is 1. The van der Waals surface area contributed by atoms with E-state index in [2.05, 4.69) is 20.3 Å². The van der Waals surface area contributed by atoms with E-state index in [4.69, 9.17) is 0 Å². The Bertz CT molecular complexity index is 1150. The molecule has 2 heterocycles. The highest BCUT2D eigenvalue weighted by molar-refractivity contribution is 5.67. The van der Waals surface area contributed by atoms with Crippen molar-refractivity contribution >= 4 is 24.1 Å². The molecular weight excluding hydrogens is 369 g/mol. The molecular formula is C22H24FN5O. The van der Waals surface area contributed by atoms with Gasteiger partial charge in [-0.05, 0) is 67.4 Å². The van der Waals surface area contributed by atoms with Crippen LogP contribution in [0.5, 0.6) is 5.88 Å². The van der Waals surface area contributed by atoms with Crippen molar-refractivity contribution in [3.8, 4) is 5.88 Å². The summed E-state index contributed by atoms with van der Waals surface area (Å²) in [5, 5.41) is 15.9. The summed E-state index contributed by atoms with van der Waals surface area (Å²) >= 11 is 0. The maximum atomic E-state index is 15.3. The number of benzene rings is 1. The Balaban J connectivity index is 1.34. The van der Waals surface area contributed by atoms with E-state index in [1.165, 1.54) is 6.34 Å². The first kappa shape index (κ1) is 17.2. The second kappa shape index (κ2) is 5.68. The summed E-state index contributed by atoms with van der Waals surface area (Å²) in [5.74, 6) is 1.63. The normalized spacial score (nSPS) is 34.5. The number of hydrogen-bond acceptors (Lipinski definition) is 5. The van der Waals surface area contributed by atoms with Crippen molar-refractivity contribution < 1.29 is 9.50 Å². The minimum Gasteiger partial charge on any atom is -0.493 e. The van der Waals surface area contributed by atoms with Crippen LogP contribution in [-0.4, -0.2) is 32.2 Å². The van der Waals surface area contributed by atoms with Crippen molar-refractivity contribution in [3.63, 3.8) is 0 Å². The van der Waals surface area contributed by atoms with Gasteiger partial charge in [-0.1, -0.05) is 6.07 Å². The molecule has 1 aromatic carbocycles. The Hall–Kier alpha value is -2.70. The van der Waals surface area contributed by atoms with Gasteiger partial charge in [0, 0.05) is 19.0 Å². The third-order valence-electron chi connectivity index (χ3n) is 7.15. The predicted molar refractivity (Wildman–Crippen MR) is 109 cm³/mol. The average Bonchev–Trinajstić information content (AvgIpc) is 3.20. The van der Waals surface area contributed by atoms with Gasteiger partial charge in [0.05, 0.1) is 11.0 Å². The van der Waals surface area contributed by atoms with Gasteiger partial charge in [-0.3, -0.25) is 4.57 Å². The summed E-state index contributed by atoms with van der Waals surface area (Å²) < 4.78 is 16.9. The maximum Gasteiger partial charge on any atom is 0.220 e. The van der Waals surface area contributed by atoms with Crippen LogP contribution in [0.1, 0.15) is 44.2 Å². The lowest BCUT2D eigenvalue weighted by atomic mass is 9.52. The molecule has 2 unspecified atom stereocenters. The van der Waals surface area contributed by atoms with E-state index >= 15 is 4.39 Å². The van der Waals surface area contributed by atoms with Crippen LogP contribution >= 0.6 is 0 Å². The Morgan fingerprint density at radius 1 is 1.24 bits per heavy atom. The predicted octanol–water partition coefficient (Wildman–Crippen LogP) is 2.72. The zero-order valence-corrected chi connectivity index (χ0v) is 16.4. The van der Waals surface area contributed by atoms with Gasteiger partial charge < -0.3 is 10.4 Å². The van der Waals surface area contributed by atoms with Crippen molar-refractivity contribution in [1.82, 2.24) is 9.55 Å². The van der Waals surface area contributed by atoms with Crippen LogP contribution in [0.3, 0.4) is 0 Å². The lowest BCUT2D eigenvalue weighted by Crippen LogP contribution is -2.60. The number of nitrogens with zero attached hydrogens (tertiary/aromatic N) is 4. The van der Waals surface area contributed by atoms with Crippen molar-refractivity contribution in [2.24, 2.45) is 28.9 Å². The second-order valence-electron chi connectivity index (χ2n) is 9.49. The summed E-state index contributed by atoms with van der Waals surface area (Å²) in [6.07, 6.45) is 8.50. The van der Waals surface area contributed by atoms with Crippen LogP contribution in [0.15, 0.2) is 28.2 Å². The molecule has 4 fully saturated rings. The van der Waals surface area contributed by atoms with Gasteiger partial charge in [0.1, 0.15) is 17.7 Å². The van der Waals surface area contributed by atoms with E-state index in [1.807, 2.05) is 24.3 Å². The molecule has 7 rings (SSSR count). The molecule has 0 amide bonds. The first-order valence-corrected chi connectivity index (χ1v) is 10.4. The number of rotatable bonds is 3. The smallest absolute Gasteiger partial charge is 0.220 e. The number of anilines is 1. The fourth-order valence-electron chi connectivity index (χ4n) is 6.41. The molecule has 7 heteroatoms. The standard InChI is InChI=1S/C22H24FN5O/c1-28-19(29)18(6-13-2-3-16-17(5-13)25-12-24-16)26-20(28)27-22-9-14-4-15(10-22)8-21(23,7-14)11-22/h2-3,5-6,12,14-15,29H,4,7-11H2,1H3,(H,26,27)/b13-6+. The molecule has 1 aromatic heterocycles. The zero-order valence-electron chi connectivity index (χ0n) is 16.4. The molecule has 4 bridgehead atoms. The van der Waals surface area contributed by atoms with Crippen molar-refractivity contribution in [1.29, 1.82) is 0 Å². The molecule has 29 heavy (non-hydrogen) atoms. The van der Waals surface area contributed by atoms with Gasteiger partial charge in [0.15, 0.2) is 0 Å². The minimum absolute atomic E-state index is 0.0980. The number of alkyl halides is 1. The largest absolute Gasteiger partial charge is 0.493 e. The van der Waals surface area contributed by atoms with Crippen LogP contribution in [0, 0.1) is 11.8 Å². The van der Waals surface area contributed by atoms with E-state index in [0.29, 0.717) is 42.7 Å². The number of imidazole rings is 1. The molecule has 4 saturated carbocycles. The third-order valence-corrected chi connectivity index (χ3v) is 7.15. The Morgan fingerprint density at radius 2 is 2.03 bits per heavy atom. The van der Waals surface area contributed by atoms with Crippen LogP contribution in [0.25, 0.3) is 6.08 Å². The molecule has 4 aliphatic carbocycles. The second-order valence-corrected chi connectivity index (χ2v) is 9.49. The Labute approximate surface area is 167 Å². The third kappa shape index (κ3) is 2.70. The van der Waals surface area contributed by atoms with Crippen LogP contribution in [0.4, 0.5) is 16.0 Å². The van der Waals surface area contributed by atoms with E-state index in [1.54, 1.807) is 11.6 Å². The van der Waals surface area contributed by atoms with Gasteiger partial charge in [0.25, 0.3) is 0 Å². The van der Waals surface area contributed by atoms with Crippen LogP contribution in [-0.2, 0) is 7.05 Å².